The maximum atomic E-state index is 12.2. The molecule has 6 heteroatoms. The normalized spacial score (nSPS) is 10.5. The van der Waals surface area contributed by atoms with Crippen molar-refractivity contribution in [2.24, 2.45) is 0 Å². The predicted molar refractivity (Wildman–Crippen MR) is 89.5 cm³/mol. The van der Waals surface area contributed by atoms with Gasteiger partial charge in [0.1, 0.15) is 0 Å². The van der Waals surface area contributed by atoms with Crippen LogP contribution in [0.5, 0.6) is 0 Å². The van der Waals surface area contributed by atoms with E-state index in [0.29, 0.717) is 17.1 Å². The van der Waals surface area contributed by atoms with Crippen LogP contribution in [0.25, 0.3) is 0 Å². The van der Waals surface area contributed by atoms with E-state index in [1.807, 2.05) is 44.2 Å². The Hall–Kier alpha value is -2.08. The third-order valence-electron chi connectivity index (χ3n) is 3.40. The van der Waals surface area contributed by atoms with E-state index in [4.69, 9.17) is 0 Å². The Kier molecular flexibility index (Phi) is 5.38. The van der Waals surface area contributed by atoms with Gasteiger partial charge in [-0.25, -0.2) is 4.98 Å². The molecule has 0 bridgehead atoms. The van der Waals surface area contributed by atoms with Crippen LogP contribution in [0.3, 0.4) is 0 Å². The number of para-hydroxylation sites is 1. The maximum Gasteiger partial charge on any atom is 0.254 e. The fourth-order valence-electron chi connectivity index (χ4n) is 2.09. The molecule has 0 fully saturated rings. The second-order valence-corrected chi connectivity index (χ2v) is 5.83. The van der Waals surface area contributed by atoms with E-state index in [1.54, 1.807) is 11.9 Å². The highest BCUT2D eigenvalue weighted by Gasteiger charge is 2.13. The third-order valence-corrected chi connectivity index (χ3v) is 4.26. The Bertz CT molecular complexity index is 713. The first-order valence-electron chi connectivity index (χ1n) is 7.07. The molecule has 0 aliphatic rings. The highest BCUT2D eigenvalue weighted by molar-refractivity contribution is 7.99. The second-order valence-electron chi connectivity index (χ2n) is 4.87. The predicted octanol–water partition coefficient (Wildman–Crippen LogP) is 2.40. The average Bonchev–Trinajstić information content (AvgIpc) is 2.52. The summed E-state index contributed by atoms with van der Waals surface area (Å²) in [5, 5.41) is 0.481. The van der Waals surface area contributed by atoms with Crippen LogP contribution in [0.1, 0.15) is 18.2 Å². The highest BCUT2D eigenvalue weighted by Crippen LogP contribution is 2.16. The van der Waals surface area contributed by atoms with Crippen molar-refractivity contribution in [3.05, 3.63) is 51.9 Å². The molecule has 0 aliphatic carbocycles. The van der Waals surface area contributed by atoms with Crippen molar-refractivity contribution < 1.29 is 4.79 Å². The lowest BCUT2D eigenvalue weighted by atomic mass is 10.2. The minimum Gasteiger partial charge on any atom is -0.315 e. The molecule has 116 valence electrons. The number of anilines is 1. The van der Waals surface area contributed by atoms with Crippen molar-refractivity contribution in [1.82, 2.24) is 9.97 Å². The number of aryl methyl sites for hydroxylation is 1. The number of nitrogens with one attached hydrogen (secondary N) is 1. The molecule has 1 amide bonds. The lowest BCUT2D eigenvalue weighted by Crippen LogP contribution is -2.28. The number of carbonyl (C=O) groups is 1. The van der Waals surface area contributed by atoms with Gasteiger partial charge in [0, 0.05) is 24.0 Å². The summed E-state index contributed by atoms with van der Waals surface area (Å²) in [6.45, 7) is 3.74. The van der Waals surface area contributed by atoms with Gasteiger partial charge in [-0.2, -0.15) is 0 Å². The lowest BCUT2D eigenvalue weighted by molar-refractivity contribution is -0.115. The van der Waals surface area contributed by atoms with E-state index in [-0.39, 0.29) is 17.2 Å². The largest absolute Gasteiger partial charge is 0.315 e. The first-order valence-corrected chi connectivity index (χ1v) is 8.05. The van der Waals surface area contributed by atoms with Crippen LogP contribution in [-0.4, -0.2) is 28.7 Å². The zero-order chi connectivity index (χ0) is 16.1. The molecular weight excluding hydrogens is 298 g/mol. The van der Waals surface area contributed by atoms with E-state index >= 15 is 0 Å². The van der Waals surface area contributed by atoms with Gasteiger partial charge in [0.05, 0.1) is 5.75 Å². The zero-order valence-electron chi connectivity index (χ0n) is 12.9. The van der Waals surface area contributed by atoms with E-state index in [1.165, 1.54) is 11.8 Å². The molecule has 0 aliphatic heterocycles. The Balaban J connectivity index is 2.04. The van der Waals surface area contributed by atoms with Gasteiger partial charge in [-0.1, -0.05) is 36.9 Å². The third kappa shape index (κ3) is 3.76. The molecule has 1 aromatic carbocycles. The molecule has 2 aromatic rings. The molecule has 0 saturated heterocycles. The van der Waals surface area contributed by atoms with Gasteiger partial charge in [-0.3, -0.25) is 9.59 Å². The van der Waals surface area contributed by atoms with Crippen LogP contribution < -0.4 is 10.5 Å². The number of nitrogens with zero attached hydrogens (tertiary/aromatic N) is 2. The van der Waals surface area contributed by atoms with Gasteiger partial charge in [-0.15, -0.1) is 0 Å². The number of hydrogen-bond acceptors (Lipinski definition) is 4. The van der Waals surface area contributed by atoms with Crippen LogP contribution in [0, 0.1) is 6.92 Å². The maximum absolute atomic E-state index is 12.2. The molecule has 2 rings (SSSR count). The summed E-state index contributed by atoms with van der Waals surface area (Å²) in [6.07, 6.45) is 0.648. The van der Waals surface area contributed by atoms with Crippen molar-refractivity contribution in [3.8, 4) is 0 Å². The monoisotopic (exact) mass is 317 g/mol. The van der Waals surface area contributed by atoms with Crippen LogP contribution >= 0.6 is 11.8 Å². The SMILES string of the molecule is CCc1c(C)nc(SCC(=O)N(C)c2ccccc2)[nH]c1=O. The highest BCUT2D eigenvalue weighted by atomic mass is 32.2. The Morgan fingerprint density at radius 1 is 1.32 bits per heavy atom. The molecule has 5 nitrogen and oxygen atoms in total. The second kappa shape index (κ2) is 7.26. The first-order chi connectivity index (χ1) is 10.5. The Morgan fingerprint density at radius 3 is 2.59 bits per heavy atom. The molecule has 22 heavy (non-hydrogen) atoms. The van der Waals surface area contributed by atoms with E-state index in [9.17, 15) is 9.59 Å². The number of hydrogen-bond donors (Lipinski definition) is 1. The number of aromatic nitrogens is 2. The molecule has 0 spiro atoms. The Morgan fingerprint density at radius 2 is 2.00 bits per heavy atom. The van der Waals surface area contributed by atoms with E-state index in [2.05, 4.69) is 9.97 Å². The number of thioether (sulfide) groups is 1. The topological polar surface area (TPSA) is 66.1 Å². The molecule has 0 radical (unpaired) electrons. The number of benzene rings is 1. The van der Waals surface area contributed by atoms with Gasteiger partial charge in [0.2, 0.25) is 5.91 Å². The summed E-state index contributed by atoms with van der Waals surface area (Å²) < 4.78 is 0. The number of H-pyrrole nitrogens is 1. The molecule has 1 aromatic heterocycles. The first kappa shape index (κ1) is 16.3. The molecule has 0 atom stereocenters. The van der Waals surface area contributed by atoms with Crippen molar-refractivity contribution in [2.75, 3.05) is 17.7 Å². The lowest BCUT2D eigenvalue weighted by Gasteiger charge is -2.16. The average molecular weight is 317 g/mol. The molecule has 1 N–H and O–H groups in total. The number of carbonyl (C=O) groups excluding carboxylic acids is 1. The van der Waals surface area contributed by atoms with Crippen molar-refractivity contribution >= 4 is 23.4 Å². The quantitative estimate of drug-likeness (QED) is 0.679. The smallest absolute Gasteiger partial charge is 0.254 e. The fraction of sp³-hybridized carbons (Fsp3) is 0.312. The van der Waals surface area contributed by atoms with Gasteiger partial charge < -0.3 is 9.88 Å². The van der Waals surface area contributed by atoms with Gasteiger partial charge in [-0.05, 0) is 25.5 Å². The zero-order valence-corrected chi connectivity index (χ0v) is 13.7. The van der Waals surface area contributed by atoms with Crippen LogP contribution in [-0.2, 0) is 11.2 Å². The van der Waals surface area contributed by atoms with Crippen molar-refractivity contribution in [1.29, 1.82) is 0 Å². The minimum absolute atomic E-state index is 0.0453. The molecular formula is C16H19N3O2S. The van der Waals surface area contributed by atoms with E-state index < -0.39 is 0 Å². The summed E-state index contributed by atoms with van der Waals surface area (Å²) in [5.41, 5.74) is 2.13. The number of amides is 1. The number of rotatable bonds is 5. The summed E-state index contributed by atoms with van der Waals surface area (Å²) in [7, 11) is 1.74. The molecule has 0 saturated carbocycles. The van der Waals surface area contributed by atoms with Crippen molar-refractivity contribution in [2.45, 2.75) is 25.4 Å². The number of aromatic amines is 1. The van der Waals surface area contributed by atoms with Crippen LogP contribution in [0.2, 0.25) is 0 Å². The van der Waals surface area contributed by atoms with Crippen LogP contribution in [0.4, 0.5) is 5.69 Å². The summed E-state index contributed by atoms with van der Waals surface area (Å²) >= 11 is 1.24. The summed E-state index contributed by atoms with van der Waals surface area (Å²) in [4.78, 5) is 32.8. The summed E-state index contributed by atoms with van der Waals surface area (Å²) in [6, 6.07) is 9.44. The fourth-order valence-corrected chi connectivity index (χ4v) is 2.91. The Labute approximate surface area is 133 Å². The van der Waals surface area contributed by atoms with Gasteiger partial charge in [0.15, 0.2) is 5.16 Å². The van der Waals surface area contributed by atoms with Gasteiger partial charge in [0.25, 0.3) is 5.56 Å². The van der Waals surface area contributed by atoms with Crippen LogP contribution in [0.15, 0.2) is 40.3 Å². The van der Waals surface area contributed by atoms with Gasteiger partial charge >= 0.3 is 0 Å². The molecule has 0 unspecified atom stereocenters. The minimum atomic E-state index is -0.124. The molecule has 1 heterocycles. The summed E-state index contributed by atoms with van der Waals surface area (Å²) in [5.74, 6) is 0.176. The standard InChI is InChI=1S/C16H19N3O2S/c1-4-13-11(2)17-16(18-15(13)21)22-10-14(20)19(3)12-8-6-5-7-9-12/h5-9H,4,10H2,1-3H3,(H,17,18,21). The van der Waals surface area contributed by atoms with E-state index in [0.717, 1.165) is 11.4 Å². The van der Waals surface area contributed by atoms with Crippen molar-refractivity contribution in [3.63, 3.8) is 0 Å².